The second-order valence-electron chi connectivity index (χ2n) is 5.81. The molecule has 0 aliphatic heterocycles. The number of ether oxygens (including phenoxy) is 1. The smallest absolute Gasteiger partial charge is 0.165 e. The molecule has 0 saturated carbocycles. The van der Waals surface area contributed by atoms with Crippen molar-refractivity contribution in [1.29, 1.82) is 0 Å². The van der Waals surface area contributed by atoms with Crippen molar-refractivity contribution in [2.45, 2.75) is 13.8 Å². The number of halogens is 2. The fourth-order valence-corrected chi connectivity index (χ4v) is 2.59. The number of aryl methyl sites for hydroxylation is 1. The van der Waals surface area contributed by atoms with Gasteiger partial charge in [-0.2, -0.15) is 0 Å². The number of rotatable bonds is 6. The predicted molar refractivity (Wildman–Crippen MR) is 104 cm³/mol. The van der Waals surface area contributed by atoms with Crippen LogP contribution in [0.2, 0.25) is 5.02 Å². The summed E-state index contributed by atoms with van der Waals surface area (Å²) in [5.74, 6) is -0.209. The molecule has 134 valence electrons. The van der Waals surface area contributed by atoms with Gasteiger partial charge in [-0.3, -0.25) is 0 Å². The van der Waals surface area contributed by atoms with E-state index in [1.165, 1.54) is 13.2 Å². The van der Waals surface area contributed by atoms with Gasteiger partial charge in [-0.25, -0.2) is 9.38 Å². The summed E-state index contributed by atoms with van der Waals surface area (Å²) in [4.78, 5) is 8.33. The van der Waals surface area contributed by atoms with Crippen LogP contribution in [0.3, 0.4) is 0 Å². The minimum Gasteiger partial charge on any atom is -0.494 e. The summed E-state index contributed by atoms with van der Waals surface area (Å²) in [6.07, 6.45) is 1.76. The van der Waals surface area contributed by atoms with Crippen LogP contribution in [0, 0.1) is 12.7 Å². The van der Waals surface area contributed by atoms with Crippen LogP contribution < -0.4 is 9.64 Å². The number of benzene rings is 2. The van der Waals surface area contributed by atoms with E-state index in [-0.39, 0.29) is 5.75 Å². The molecule has 0 fully saturated rings. The molecule has 4 nitrogen and oxygen atoms in total. The van der Waals surface area contributed by atoms with Gasteiger partial charge in [-0.05, 0) is 43.7 Å². The lowest BCUT2D eigenvalue weighted by molar-refractivity contribution is 0.386. The first kappa shape index (κ1) is 19.1. The predicted octanol–water partition coefficient (Wildman–Crippen LogP) is 5.18. The van der Waals surface area contributed by atoms with E-state index >= 15 is 0 Å². The van der Waals surface area contributed by atoms with Gasteiger partial charge in [0.2, 0.25) is 0 Å². The molecule has 0 N–H and O–H groups in total. The third kappa shape index (κ3) is 4.42. The van der Waals surface area contributed by atoms with E-state index in [4.69, 9.17) is 16.3 Å². The van der Waals surface area contributed by atoms with Gasteiger partial charge in [0, 0.05) is 32.4 Å². The quantitative estimate of drug-likeness (QED) is 0.523. The molecule has 25 heavy (non-hydrogen) atoms. The fourth-order valence-electron chi connectivity index (χ4n) is 2.31. The van der Waals surface area contributed by atoms with Crippen molar-refractivity contribution in [3.8, 4) is 5.75 Å². The Kier molecular flexibility index (Phi) is 6.26. The average molecular weight is 364 g/mol. The first-order chi connectivity index (χ1) is 11.9. The minimum atomic E-state index is -0.400. The van der Waals surface area contributed by atoms with Gasteiger partial charge in [-0.15, -0.1) is 0 Å². The Bertz CT molecular complexity index is 780. The molecule has 0 saturated heterocycles. The van der Waals surface area contributed by atoms with Crippen molar-refractivity contribution in [3.05, 3.63) is 46.7 Å². The molecular formula is C19H23ClFN3O. The van der Waals surface area contributed by atoms with Crippen LogP contribution in [-0.2, 0) is 0 Å². The van der Waals surface area contributed by atoms with E-state index in [0.717, 1.165) is 23.5 Å². The van der Waals surface area contributed by atoms with Crippen LogP contribution in [0.15, 0.2) is 35.3 Å². The number of aliphatic imine (C=N–C) groups is 1. The molecule has 0 unspecified atom stereocenters. The van der Waals surface area contributed by atoms with E-state index in [2.05, 4.69) is 4.99 Å². The summed E-state index contributed by atoms with van der Waals surface area (Å²) in [6.45, 7) is 4.89. The van der Waals surface area contributed by atoms with Crippen LogP contribution in [0.5, 0.6) is 5.75 Å². The Labute approximate surface area is 153 Å². The van der Waals surface area contributed by atoms with Gasteiger partial charge < -0.3 is 14.5 Å². The van der Waals surface area contributed by atoms with Crippen molar-refractivity contribution in [3.63, 3.8) is 0 Å². The number of nitrogens with zero attached hydrogens (tertiary/aromatic N) is 3. The molecule has 0 aromatic heterocycles. The summed E-state index contributed by atoms with van der Waals surface area (Å²) >= 11 is 6.58. The topological polar surface area (TPSA) is 28.1 Å². The number of hydrogen-bond donors (Lipinski definition) is 0. The van der Waals surface area contributed by atoms with Gasteiger partial charge >= 0.3 is 0 Å². The molecule has 0 aliphatic carbocycles. The first-order valence-electron chi connectivity index (χ1n) is 7.99. The molecular weight excluding hydrogens is 341 g/mol. The lowest BCUT2D eigenvalue weighted by Gasteiger charge is -2.23. The van der Waals surface area contributed by atoms with Crippen LogP contribution in [0.4, 0.5) is 21.5 Å². The number of hydrogen-bond acceptors (Lipinski definition) is 3. The van der Waals surface area contributed by atoms with E-state index in [1.807, 2.05) is 49.9 Å². The molecule has 0 amide bonds. The number of methoxy groups -OCH3 is 1. The Morgan fingerprint density at radius 2 is 1.96 bits per heavy atom. The highest BCUT2D eigenvalue weighted by atomic mass is 35.5. The summed E-state index contributed by atoms with van der Waals surface area (Å²) in [7, 11) is 5.27. The van der Waals surface area contributed by atoms with Crippen LogP contribution in [-0.4, -0.2) is 39.0 Å². The van der Waals surface area contributed by atoms with Crippen LogP contribution in [0.1, 0.15) is 12.5 Å². The first-order valence-corrected chi connectivity index (χ1v) is 8.37. The highest BCUT2D eigenvalue weighted by Gasteiger charge is 2.14. The largest absolute Gasteiger partial charge is 0.494 e. The van der Waals surface area contributed by atoms with Crippen molar-refractivity contribution < 1.29 is 9.13 Å². The van der Waals surface area contributed by atoms with E-state index < -0.39 is 5.82 Å². The Morgan fingerprint density at radius 3 is 2.60 bits per heavy atom. The summed E-state index contributed by atoms with van der Waals surface area (Å²) in [5.41, 5.74) is 3.29. The number of anilines is 2. The second kappa shape index (κ2) is 8.21. The van der Waals surface area contributed by atoms with Gasteiger partial charge in [0.1, 0.15) is 0 Å². The molecule has 0 bridgehead atoms. The lowest BCUT2D eigenvalue weighted by Crippen LogP contribution is -2.14. The van der Waals surface area contributed by atoms with E-state index in [1.54, 1.807) is 18.5 Å². The monoisotopic (exact) mass is 363 g/mol. The maximum Gasteiger partial charge on any atom is 0.165 e. The minimum absolute atomic E-state index is 0.191. The highest BCUT2D eigenvalue weighted by molar-refractivity contribution is 6.36. The Balaban J connectivity index is 2.44. The lowest BCUT2D eigenvalue weighted by atomic mass is 10.1. The SMILES string of the molecule is CCN(C)C=Nc1cc(C)cc(N(C)c2ccc(F)c(OC)c2)c1Cl. The normalized spacial score (nSPS) is 11.0. The average Bonchev–Trinajstić information content (AvgIpc) is 2.61. The Hall–Kier alpha value is -2.27. The molecule has 0 spiro atoms. The van der Waals surface area contributed by atoms with Gasteiger partial charge in [0.05, 0.1) is 29.8 Å². The van der Waals surface area contributed by atoms with Crippen molar-refractivity contribution in [1.82, 2.24) is 4.90 Å². The van der Waals surface area contributed by atoms with Gasteiger partial charge in [0.25, 0.3) is 0 Å². The zero-order chi connectivity index (χ0) is 18.6. The maximum absolute atomic E-state index is 13.7. The third-order valence-electron chi connectivity index (χ3n) is 3.95. The molecule has 0 heterocycles. The third-order valence-corrected chi connectivity index (χ3v) is 4.34. The fraction of sp³-hybridized carbons (Fsp3) is 0.316. The second-order valence-corrected chi connectivity index (χ2v) is 6.19. The highest BCUT2D eigenvalue weighted by Crippen LogP contribution is 2.39. The summed E-state index contributed by atoms with van der Waals surface area (Å²) < 4.78 is 18.7. The summed E-state index contributed by atoms with van der Waals surface area (Å²) in [6, 6.07) is 8.61. The van der Waals surface area contributed by atoms with Crippen LogP contribution >= 0.6 is 11.6 Å². The zero-order valence-corrected chi connectivity index (χ0v) is 15.9. The van der Waals surface area contributed by atoms with Gasteiger partial charge in [0.15, 0.2) is 11.6 Å². The van der Waals surface area contributed by atoms with Crippen molar-refractivity contribution >= 4 is 35.0 Å². The van der Waals surface area contributed by atoms with Crippen molar-refractivity contribution in [2.75, 3.05) is 32.6 Å². The molecule has 6 heteroatoms. The van der Waals surface area contributed by atoms with Gasteiger partial charge in [-0.1, -0.05) is 11.6 Å². The maximum atomic E-state index is 13.7. The standard InChI is InChI=1S/C19H23ClFN3O/c1-6-23(3)12-22-16-9-13(2)10-17(19(16)20)24(4)14-7-8-15(21)18(11-14)25-5/h7-12H,6H2,1-5H3. The van der Waals surface area contributed by atoms with E-state index in [9.17, 15) is 4.39 Å². The molecule has 0 atom stereocenters. The Morgan fingerprint density at radius 1 is 1.24 bits per heavy atom. The molecule has 2 aromatic carbocycles. The van der Waals surface area contributed by atoms with E-state index in [0.29, 0.717) is 10.7 Å². The molecule has 2 aromatic rings. The molecule has 0 aliphatic rings. The zero-order valence-electron chi connectivity index (χ0n) is 15.2. The van der Waals surface area contributed by atoms with Crippen molar-refractivity contribution in [2.24, 2.45) is 4.99 Å². The van der Waals surface area contributed by atoms with Crippen LogP contribution in [0.25, 0.3) is 0 Å². The molecule has 0 radical (unpaired) electrons. The molecule has 2 rings (SSSR count). The summed E-state index contributed by atoms with van der Waals surface area (Å²) in [5, 5.41) is 0.539.